The topological polar surface area (TPSA) is 133 Å². The van der Waals surface area contributed by atoms with Crippen molar-refractivity contribution in [1.29, 1.82) is 0 Å². The molecule has 0 aliphatic heterocycles. The maximum atomic E-state index is 13.7. The number of ether oxygens (including phenoxy) is 1. The second-order valence-corrected chi connectivity index (χ2v) is 13.6. The van der Waals surface area contributed by atoms with Crippen LogP contribution in [-0.4, -0.2) is 71.1 Å². The van der Waals surface area contributed by atoms with E-state index in [4.69, 9.17) is 4.74 Å². The van der Waals surface area contributed by atoms with Gasteiger partial charge in [-0.05, 0) is 86.5 Å². The Bertz CT molecular complexity index is 1340. The number of benzene rings is 1. The molecule has 3 fully saturated rings. The number of rotatable bonds is 9. The summed E-state index contributed by atoms with van der Waals surface area (Å²) in [5.41, 5.74) is 0.612. The van der Waals surface area contributed by atoms with Crippen molar-refractivity contribution in [2.75, 3.05) is 25.6 Å². The summed E-state index contributed by atoms with van der Waals surface area (Å²) >= 11 is 0. The van der Waals surface area contributed by atoms with Gasteiger partial charge in [0.05, 0.1) is 12.7 Å². The maximum Gasteiger partial charge on any atom is 0.321 e. The Labute approximate surface area is 259 Å². The molecule has 9 nitrogen and oxygen atoms in total. The summed E-state index contributed by atoms with van der Waals surface area (Å²) in [6.45, 7) is 5.54. The molecule has 44 heavy (non-hydrogen) atoms. The largest absolute Gasteiger partial charge is 0.466 e. The Morgan fingerprint density at radius 3 is 2.59 bits per heavy atom. The quantitative estimate of drug-likeness (QED) is 0.352. The lowest BCUT2D eigenvalue weighted by Crippen LogP contribution is -2.56. The first-order valence-electron chi connectivity index (χ1n) is 15.9. The van der Waals surface area contributed by atoms with E-state index in [0.29, 0.717) is 24.9 Å². The highest BCUT2D eigenvalue weighted by atomic mass is 16.5. The summed E-state index contributed by atoms with van der Waals surface area (Å²) in [6.07, 6.45) is 7.47. The molecular formula is C35H46N2O7. The van der Waals surface area contributed by atoms with E-state index in [-0.39, 0.29) is 60.3 Å². The van der Waals surface area contributed by atoms with E-state index in [0.717, 1.165) is 18.4 Å². The number of aliphatic hydroxyl groups excluding tert-OH is 2. The number of hydrogen-bond acceptors (Lipinski definition) is 7. The van der Waals surface area contributed by atoms with Crippen LogP contribution in [0.5, 0.6) is 0 Å². The number of para-hydroxylation sites is 1. The molecule has 0 spiro atoms. The minimum Gasteiger partial charge on any atom is -0.466 e. The van der Waals surface area contributed by atoms with Crippen LogP contribution in [0.25, 0.3) is 0 Å². The molecule has 0 bridgehead atoms. The lowest BCUT2D eigenvalue weighted by molar-refractivity contribution is -0.144. The average molecular weight is 607 g/mol. The number of fused-ring (bicyclic) bond motifs is 5. The first-order valence-corrected chi connectivity index (χ1v) is 15.9. The molecule has 0 saturated heterocycles. The first-order chi connectivity index (χ1) is 20.9. The van der Waals surface area contributed by atoms with Gasteiger partial charge in [0.25, 0.3) is 0 Å². The Morgan fingerprint density at radius 1 is 1.18 bits per heavy atom. The van der Waals surface area contributed by atoms with Crippen molar-refractivity contribution < 1.29 is 34.1 Å². The first kappa shape index (κ1) is 32.1. The normalized spacial score (nSPS) is 34.6. The van der Waals surface area contributed by atoms with E-state index in [1.54, 1.807) is 43.2 Å². The summed E-state index contributed by atoms with van der Waals surface area (Å²) in [5, 5.41) is 25.0. The standard InChI is InChI=1S/C35H46N2O7/c1-5-44-30(42)14-13-27(37(4)33(43)36-22-9-7-6-8-10-22)25-18-26-24-12-11-21-17-23(39)15-16-34(21,2)31(24)28(40)19-35(26,3)32(25)29(41)20-38/h6-10,15-17,24-28,31-32,38,40H,5,11-14,18-20H2,1-4H3,(H,36,43)/t24-,25-,26?,27?,28-,31?,32?,34-,35-/m0/s1. The second kappa shape index (κ2) is 12.6. The fourth-order valence-corrected chi connectivity index (χ4v) is 9.59. The maximum absolute atomic E-state index is 13.7. The van der Waals surface area contributed by atoms with Crippen LogP contribution in [0, 0.1) is 40.4 Å². The van der Waals surface area contributed by atoms with Crippen molar-refractivity contribution in [3.05, 3.63) is 54.1 Å². The molecule has 2 amide bonds. The van der Waals surface area contributed by atoms with Crippen molar-refractivity contribution in [2.24, 2.45) is 40.4 Å². The molecule has 3 N–H and O–H groups in total. The molecule has 0 heterocycles. The van der Waals surface area contributed by atoms with Gasteiger partial charge in [0.1, 0.15) is 6.61 Å². The van der Waals surface area contributed by atoms with Gasteiger partial charge >= 0.3 is 12.0 Å². The third-order valence-electron chi connectivity index (χ3n) is 11.4. The van der Waals surface area contributed by atoms with Crippen molar-refractivity contribution in [2.45, 2.75) is 71.4 Å². The van der Waals surface area contributed by atoms with Gasteiger partial charge in [0.15, 0.2) is 11.6 Å². The molecule has 0 radical (unpaired) electrons. The third kappa shape index (κ3) is 5.65. The molecule has 4 unspecified atom stereocenters. The zero-order valence-electron chi connectivity index (χ0n) is 26.2. The van der Waals surface area contributed by atoms with Crippen molar-refractivity contribution in [3.63, 3.8) is 0 Å². The molecule has 4 aliphatic rings. The predicted octanol–water partition coefficient (Wildman–Crippen LogP) is 4.54. The highest BCUT2D eigenvalue weighted by molar-refractivity contribution is 6.01. The fourth-order valence-electron chi connectivity index (χ4n) is 9.59. The summed E-state index contributed by atoms with van der Waals surface area (Å²) in [4.78, 5) is 53.7. The number of hydrogen-bond donors (Lipinski definition) is 3. The van der Waals surface area contributed by atoms with Crippen LogP contribution in [0.3, 0.4) is 0 Å². The minimum absolute atomic E-state index is 0.0261. The number of amides is 2. The lowest BCUT2D eigenvalue weighted by atomic mass is 9.46. The second-order valence-electron chi connectivity index (χ2n) is 13.6. The minimum atomic E-state index is -0.711. The number of nitrogens with zero attached hydrogens (tertiary/aromatic N) is 1. The van der Waals surface area contributed by atoms with Crippen LogP contribution < -0.4 is 5.32 Å². The summed E-state index contributed by atoms with van der Waals surface area (Å²) in [5.74, 6) is -1.64. The predicted molar refractivity (Wildman–Crippen MR) is 165 cm³/mol. The number of carbonyl (C=O) groups is 4. The number of anilines is 1. The highest BCUT2D eigenvalue weighted by Crippen LogP contribution is 2.68. The lowest BCUT2D eigenvalue weighted by Gasteiger charge is -2.58. The molecule has 4 aliphatic carbocycles. The zero-order valence-corrected chi connectivity index (χ0v) is 26.2. The highest BCUT2D eigenvalue weighted by Gasteiger charge is 2.66. The van der Waals surface area contributed by atoms with Crippen LogP contribution in [0.15, 0.2) is 54.1 Å². The van der Waals surface area contributed by atoms with Crippen LogP contribution in [0.2, 0.25) is 0 Å². The van der Waals surface area contributed by atoms with Gasteiger partial charge in [-0.1, -0.05) is 43.7 Å². The molecule has 238 valence electrons. The number of carbonyl (C=O) groups excluding carboxylic acids is 4. The summed E-state index contributed by atoms with van der Waals surface area (Å²) < 4.78 is 5.22. The summed E-state index contributed by atoms with van der Waals surface area (Å²) in [7, 11) is 1.69. The van der Waals surface area contributed by atoms with Crippen LogP contribution in [-0.2, 0) is 19.1 Å². The van der Waals surface area contributed by atoms with Gasteiger partial charge < -0.3 is 25.2 Å². The Morgan fingerprint density at radius 2 is 1.91 bits per heavy atom. The SMILES string of the molecule is CCOC(=O)CCC([C@@H]1CC2[C@@H]3CCC4=CC(=O)C=C[C@]4(C)C3[C@@H](O)C[C@]2(C)C1C(=O)CO)N(C)C(=O)Nc1ccccc1. The Hall–Kier alpha value is -3.30. The zero-order chi connectivity index (χ0) is 31.8. The van der Waals surface area contributed by atoms with Gasteiger partial charge in [-0.25, -0.2) is 4.79 Å². The number of nitrogens with one attached hydrogen (secondary N) is 1. The number of aliphatic hydroxyl groups is 2. The van der Waals surface area contributed by atoms with E-state index >= 15 is 0 Å². The number of esters is 1. The van der Waals surface area contributed by atoms with E-state index in [2.05, 4.69) is 19.2 Å². The number of urea groups is 1. The van der Waals surface area contributed by atoms with E-state index in [9.17, 15) is 29.4 Å². The molecule has 1 aromatic rings. The third-order valence-corrected chi connectivity index (χ3v) is 11.4. The Balaban J connectivity index is 1.51. The van der Waals surface area contributed by atoms with Crippen LogP contribution >= 0.6 is 0 Å². The monoisotopic (exact) mass is 606 g/mol. The fraction of sp³-hybridized carbons (Fsp3) is 0.600. The number of ketones is 2. The molecule has 1 aromatic carbocycles. The van der Waals surface area contributed by atoms with Crippen LogP contribution in [0.4, 0.5) is 10.5 Å². The molecule has 9 heteroatoms. The molecular weight excluding hydrogens is 560 g/mol. The molecule has 3 saturated carbocycles. The molecule has 9 atom stereocenters. The summed E-state index contributed by atoms with van der Waals surface area (Å²) in [6, 6.07) is 8.26. The van der Waals surface area contributed by atoms with Gasteiger partial charge in [-0.15, -0.1) is 0 Å². The van der Waals surface area contributed by atoms with Crippen molar-refractivity contribution in [3.8, 4) is 0 Å². The molecule has 5 rings (SSSR count). The number of allylic oxidation sites excluding steroid dienone is 4. The Kier molecular flexibility index (Phi) is 9.19. The van der Waals surface area contributed by atoms with Crippen molar-refractivity contribution in [1.82, 2.24) is 4.90 Å². The van der Waals surface area contributed by atoms with Gasteiger partial charge in [-0.2, -0.15) is 0 Å². The van der Waals surface area contributed by atoms with Crippen molar-refractivity contribution >= 4 is 29.3 Å². The van der Waals surface area contributed by atoms with Gasteiger partial charge in [0.2, 0.25) is 0 Å². The average Bonchev–Trinajstić information content (AvgIpc) is 3.29. The smallest absolute Gasteiger partial charge is 0.321 e. The molecule has 0 aromatic heterocycles. The number of Topliss-reactive ketones (excluding diaryl/α,β-unsaturated/α-hetero) is 1. The van der Waals surface area contributed by atoms with Crippen LogP contribution in [0.1, 0.15) is 59.3 Å². The van der Waals surface area contributed by atoms with E-state index < -0.39 is 35.5 Å². The van der Waals surface area contributed by atoms with E-state index in [1.165, 1.54) is 0 Å². The van der Waals surface area contributed by atoms with E-state index in [1.807, 2.05) is 24.3 Å². The van der Waals surface area contributed by atoms with Gasteiger partial charge in [0, 0.05) is 42.4 Å². The van der Waals surface area contributed by atoms with Gasteiger partial charge in [-0.3, -0.25) is 14.4 Å².